The number of para-hydroxylation sites is 1. The van der Waals surface area contributed by atoms with Gasteiger partial charge in [0.2, 0.25) is 0 Å². The van der Waals surface area contributed by atoms with Crippen LogP contribution in [0.5, 0.6) is 5.75 Å². The van der Waals surface area contributed by atoms with Crippen LogP contribution in [0.4, 0.5) is 10.1 Å². The van der Waals surface area contributed by atoms with Gasteiger partial charge in [0.05, 0.1) is 5.69 Å². The van der Waals surface area contributed by atoms with Crippen LogP contribution >= 0.6 is 0 Å². The van der Waals surface area contributed by atoms with E-state index >= 15 is 0 Å². The van der Waals surface area contributed by atoms with Gasteiger partial charge in [-0.25, -0.2) is 4.39 Å². The number of carbonyl (C=O) groups is 1. The number of amides is 1. The van der Waals surface area contributed by atoms with Gasteiger partial charge in [0.15, 0.2) is 6.61 Å². The van der Waals surface area contributed by atoms with E-state index in [0.29, 0.717) is 12.3 Å². The number of hydrogen-bond donors (Lipinski definition) is 2. The first-order chi connectivity index (χ1) is 10.1. The minimum Gasteiger partial charge on any atom is -0.483 e. The van der Waals surface area contributed by atoms with Crippen molar-refractivity contribution in [1.82, 2.24) is 0 Å². The summed E-state index contributed by atoms with van der Waals surface area (Å²) >= 11 is 0. The van der Waals surface area contributed by atoms with Crippen molar-refractivity contribution in [3.05, 3.63) is 59.4 Å². The standard InChI is InChI=1S/C16H17FN2O2/c1-11-6-7-14(13(17)8-11)19-16(20)10-21-15-5-3-2-4-12(15)9-18/h2-8H,9-10,18H2,1H3,(H,19,20). The Morgan fingerprint density at radius 3 is 2.76 bits per heavy atom. The first-order valence-electron chi connectivity index (χ1n) is 6.57. The molecule has 0 aliphatic carbocycles. The molecule has 0 bridgehead atoms. The van der Waals surface area contributed by atoms with Crippen molar-refractivity contribution >= 4 is 11.6 Å². The molecule has 0 saturated carbocycles. The first kappa shape index (κ1) is 15.0. The number of hydrogen-bond acceptors (Lipinski definition) is 3. The number of halogens is 1. The van der Waals surface area contributed by atoms with Crippen molar-refractivity contribution in [3.63, 3.8) is 0 Å². The molecule has 0 fully saturated rings. The normalized spacial score (nSPS) is 10.2. The zero-order valence-electron chi connectivity index (χ0n) is 11.7. The topological polar surface area (TPSA) is 64.3 Å². The van der Waals surface area contributed by atoms with Crippen molar-refractivity contribution < 1.29 is 13.9 Å². The van der Waals surface area contributed by atoms with Crippen LogP contribution in [0.2, 0.25) is 0 Å². The fourth-order valence-electron chi connectivity index (χ4n) is 1.86. The molecule has 0 saturated heterocycles. The predicted molar refractivity (Wildman–Crippen MR) is 79.6 cm³/mol. The average Bonchev–Trinajstić information content (AvgIpc) is 2.48. The molecule has 21 heavy (non-hydrogen) atoms. The van der Waals surface area contributed by atoms with Gasteiger partial charge in [0.25, 0.3) is 5.91 Å². The van der Waals surface area contributed by atoms with Gasteiger partial charge in [-0.1, -0.05) is 24.3 Å². The Kier molecular flexibility index (Phi) is 4.90. The molecule has 2 aromatic rings. The molecule has 0 aromatic heterocycles. The molecule has 2 aromatic carbocycles. The van der Waals surface area contributed by atoms with Gasteiger partial charge in [0.1, 0.15) is 11.6 Å². The van der Waals surface area contributed by atoms with E-state index < -0.39 is 11.7 Å². The molecule has 110 valence electrons. The Labute approximate surface area is 122 Å². The molecule has 1 amide bonds. The lowest BCUT2D eigenvalue weighted by Crippen LogP contribution is -2.21. The zero-order valence-corrected chi connectivity index (χ0v) is 11.7. The fourth-order valence-corrected chi connectivity index (χ4v) is 1.86. The van der Waals surface area contributed by atoms with Gasteiger partial charge in [-0.15, -0.1) is 0 Å². The van der Waals surface area contributed by atoms with Crippen LogP contribution in [0.3, 0.4) is 0 Å². The molecule has 3 N–H and O–H groups in total. The Balaban J connectivity index is 1.96. The molecule has 0 heterocycles. The fraction of sp³-hybridized carbons (Fsp3) is 0.188. The summed E-state index contributed by atoms with van der Waals surface area (Å²) < 4.78 is 19.0. The summed E-state index contributed by atoms with van der Waals surface area (Å²) in [4.78, 5) is 11.8. The van der Waals surface area contributed by atoms with E-state index in [2.05, 4.69) is 5.32 Å². The Bertz CT molecular complexity index is 644. The van der Waals surface area contributed by atoms with Gasteiger partial charge in [-0.2, -0.15) is 0 Å². The predicted octanol–water partition coefficient (Wildman–Crippen LogP) is 2.61. The van der Waals surface area contributed by atoms with Gasteiger partial charge in [-0.05, 0) is 30.7 Å². The largest absolute Gasteiger partial charge is 0.483 e. The number of nitrogens with two attached hydrogens (primary N) is 1. The third-order valence-electron chi connectivity index (χ3n) is 2.95. The van der Waals surface area contributed by atoms with Crippen LogP contribution in [0.1, 0.15) is 11.1 Å². The average molecular weight is 288 g/mol. The molecule has 0 unspecified atom stereocenters. The second kappa shape index (κ2) is 6.85. The molecule has 0 aliphatic rings. The maximum absolute atomic E-state index is 13.6. The van der Waals surface area contributed by atoms with Crippen LogP contribution in [0, 0.1) is 12.7 Å². The lowest BCUT2D eigenvalue weighted by Gasteiger charge is -2.11. The summed E-state index contributed by atoms with van der Waals surface area (Å²) in [5.41, 5.74) is 7.33. The van der Waals surface area contributed by atoms with Gasteiger partial charge in [0, 0.05) is 12.1 Å². The van der Waals surface area contributed by atoms with Crippen molar-refractivity contribution in [2.75, 3.05) is 11.9 Å². The quantitative estimate of drug-likeness (QED) is 0.889. The molecule has 0 spiro atoms. The number of benzene rings is 2. The van der Waals surface area contributed by atoms with Crippen LogP contribution in [0.15, 0.2) is 42.5 Å². The van der Waals surface area contributed by atoms with E-state index in [1.54, 1.807) is 25.1 Å². The summed E-state index contributed by atoms with van der Waals surface area (Å²) in [7, 11) is 0. The number of ether oxygens (including phenoxy) is 1. The summed E-state index contributed by atoms with van der Waals surface area (Å²) in [6.07, 6.45) is 0. The molecule has 0 atom stereocenters. The highest BCUT2D eigenvalue weighted by Gasteiger charge is 2.09. The molecule has 0 radical (unpaired) electrons. The van der Waals surface area contributed by atoms with E-state index in [0.717, 1.165) is 11.1 Å². The lowest BCUT2D eigenvalue weighted by atomic mass is 10.2. The first-order valence-corrected chi connectivity index (χ1v) is 6.57. The molecule has 2 rings (SSSR count). The molecular formula is C16H17FN2O2. The van der Waals surface area contributed by atoms with Gasteiger partial charge < -0.3 is 15.8 Å². The summed E-state index contributed by atoms with van der Waals surface area (Å²) in [6.45, 7) is 1.90. The number of rotatable bonds is 5. The van der Waals surface area contributed by atoms with Crippen molar-refractivity contribution in [2.24, 2.45) is 5.73 Å². The van der Waals surface area contributed by atoms with E-state index in [4.69, 9.17) is 10.5 Å². The smallest absolute Gasteiger partial charge is 0.262 e. The molecule has 4 nitrogen and oxygen atoms in total. The Hall–Kier alpha value is -2.40. The Morgan fingerprint density at radius 2 is 2.05 bits per heavy atom. The number of anilines is 1. The monoisotopic (exact) mass is 288 g/mol. The highest BCUT2D eigenvalue weighted by Crippen LogP contribution is 2.18. The second-order valence-corrected chi connectivity index (χ2v) is 4.63. The van der Waals surface area contributed by atoms with E-state index in [-0.39, 0.29) is 12.3 Å². The van der Waals surface area contributed by atoms with E-state index in [9.17, 15) is 9.18 Å². The summed E-state index contributed by atoms with van der Waals surface area (Å²) in [6, 6.07) is 11.8. The van der Waals surface area contributed by atoms with Gasteiger partial charge >= 0.3 is 0 Å². The number of nitrogens with one attached hydrogen (secondary N) is 1. The van der Waals surface area contributed by atoms with E-state index in [1.807, 2.05) is 12.1 Å². The van der Waals surface area contributed by atoms with Crippen LogP contribution in [-0.4, -0.2) is 12.5 Å². The third kappa shape index (κ3) is 4.03. The third-order valence-corrected chi connectivity index (χ3v) is 2.95. The summed E-state index contributed by atoms with van der Waals surface area (Å²) in [5, 5.41) is 2.47. The number of aryl methyl sites for hydroxylation is 1. The maximum Gasteiger partial charge on any atom is 0.262 e. The van der Waals surface area contributed by atoms with Crippen LogP contribution < -0.4 is 15.8 Å². The minimum absolute atomic E-state index is 0.140. The minimum atomic E-state index is -0.467. The number of carbonyl (C=O) groups excluding carboxylic acids is 1. The second-order valence-electron chi connectivity index (χ2n) is 4.63. The lowest BCUT2D eigenvalue weighted by molar-refractivity contribution is -0.118. The van der Waals surface area contributed by atoms with E-state index in [1.165, 1.54) is 12.1 Å². The maximum atomic E-state index is 13.6. The van der Waals surface area contributed by atoms with Crippen molar-refractivity contribution in [1.29, 1.82) is 0 Å². The van der Waals surface area contributed by atoms with Crippen LogP contribution in [0.25, 0.3) is 0 Å². The SMILES string of the molecule is Cc1ccc(NC(=O)COc2ccccc2CN)c(F)c1. The Morgan fingerprint density at radius 1 is 1.29 bits per heavy atom. The highest BCUT2D eigenvalue weighted by molar-refractivity contribution is 5.92. The molecule has 0 aliphatic heterocycles. The van der Waals surface area contributed by atoms with Crippen LogP contribution in [-0.2, 0) is 11.3 Å². The van der Waals surface area contributed by atoms with Crippen molar-refractivity contribution in [3.8, 4) is 5.75 Å². The zero-order chi connectivity index (χ0) is 15.2. The molecular weight excluding hydrogens is 271 g/mol. The highest BCUT2D eigenvalue weighted by atomic mass is 19.1. The molecule has 5 heteroatoms. The van der Waals surface area contributed by atoms with Gasteiger partial charge in [-0.3, -0.25) is 4.79 Å². The summed E-state index contributed by atoms with van der Waals surface area (Å²) in [5.74, 6) is -0.338. The van der Waals surface area contributed by atoms with Crippen molar-refractivity contribution in [2.45, 2.75) is 13.5 Å².